The lowest BCUT2D eigenvalue weighted by Gasteiger charge is -2.30. The number of aromatic nitrogens is 6. The summed E-state index contributed by atoms with van der Waals surface area (Å²) in [5.41, 5.74) is 8.16. The molecule has 4 aromatic heterocycles. The lowest BCUT2D eigenvalue weighted by atomic mass is 10.1. The summed E-state index contributed by atoms with van der Waals surface area (Å²) in [6.45, 7) is 10.8. The molecule has 8 heterocycles. The van der Waals surface area contributed by atoms with E-state index in [1.807, 2.05) is 27.7 Å². The van der Waals surface area contributed by atoms with Crippen molar-refractivity contribution in [2.24, 2.45) is 0 Å². The fourth-order valence-electron chi connectivity index (χ4n) is 8.63. The molecule has 0 saturated carbocycles. The molecule has 0 radical (unpaired) electrons. The molecule has 66 heavy (non-hydrogen) atoms. The van der Waals surface area contributed by atoms with Gasteiger partial charge in [-0.25, -0.2) is 27.8 Å². The van der Waals surface area contributed by atoms with E-state index >= 15 is 0 Å². The molecule has 0 spiro atoms. The molecular formula is C44H48Cl4F2N10O6. The van der Waals surface area contributed by atoms with E-state index in [9.17, 15) is 28.6 Å². The molecule has 0 unspecified atom stereocenters. The standard InChI is InChI=1S/2C22H23ClFN5O3.2ClH/c2*1-11-20(23)12(2)29-21(26-11)15-9-28(10-16(15)27-29)22(31)14-4-3-13(24)7-19(14)32-18-5-6-25-8-17(18)30;;/h2*3-4,7,17-18,25,30H,5-6,8-10H2,1-2H3;2*1H/t2*17-,18-;;/m10../s1. The van der Waals surface area contributed by atoms with Crippen LogP contribution in [-0.2, 0) is 26.2 Å². The van der Waals surface area contributed by atoms with Crippen LogP contribution in [0.2, 0.25) is 10.0 Å². The van der Waals surface area contributed by atoms with Crippen LogP contribution in [0.15, 0.2) is 36.4 Å². The molecule has 10 rings (SSSR count). The zero-order valence-electron chi connectivity index (χ0n) is 36.3. The van der Waals surface area contributed by atoms with Crippen molar-refractivity contribution in [1.29, 1.82) is 0 Å². The van der Waals surface area contributed by atoms with Crippen LogP contribution in [0.1, 0.15) is 78.8 Å². The molecule has 0 aliphatic carbocycles. The van der Waals surface area contributed by atoms with Gasteiger partial charge in [0.25, 0.3) is 11.8 Å². The van der Waals surface area contributed by atoms with Crippen LogP contribution in [-0.4, -0.2) is 112 Å². The van der Waals surface area contributed by atoms with Gasteiger partial charge in [0.1, 0.15) is 47.5 Å². The molecule has 352 valence electrons. The summed E-state index contributed by atoms with van der Waals surface area (Å²) in [6, 6.07) is 7.73. The molecule has 4 aliphatic heterocycles. The van der Waals surface area contributed by atoms with Crippen LogP contribution < -0.4 is 20.1 Å². The monoisotopic (exact) mass is 990 g/mol. The summed E-state index contributed by atoms with van der Waals surface area (Å²) in [6.07, 6.45) is -1.36. The van der Waals surface area contributed by atoms with Gasteiger partial charge in [-0.05, 0) is 77.9 Å². The highest BCUT2D eigenvalue weighted by Crippen LogP contribution is 2.34. The lowest BCUT2D eigenvalue weighted by Crippen LogP contribution is -2.46. The number of carbonyl (C=O) groups is 2. The van der Waals surface area contributed by atoms with Gasteiger partial charge in [-0.15, -0.1) is 24.8 Å². The third-order valence-corrected chi connectivity index (χ3v) is 13.3. The second-order valence-corrected chi connectivity index (χ2v) is 17.3. The number of hydrogen-bond donors (Lipinski definition) is 4. The van der Waals surface area contributed by atoms with E-state index in [1.165, 1.54) is 36.4 Å². The number of rotatable bonds is 6. The summed E-state index contributed by atoms with van der Waals surface area (Å²) in [7, 11) is 0. The second-order valence-electron chi connectivity index (χ2n) is 16.6. The SMILES string of the molecule is Cc1nc2c3c(nn2c(C)c1Cl)CN(C(=O)c1ccc(F)cc1O[C@@H]1CCNC[C@H]1O)C3.Cc1nc2c3c(nn2c(C)c1Cl)CN(C(=O)c1ccc(F)cc1O[C@H]1CCNC[C@@H]1O)C3.Cl.Cl. The van der Waals surface area contributed by atoms with Crippen molar-refractivity contribution in [3.8, 4) is 11.5 Å². The van der Waals surface area contributed by atoms with Crippen LogP contribution >= 0.6 is 48.0 Å². The maximum absolute atomic E-state index is 14.0. The first kappa shape index (κ1) is 49.0. The fourth-order valence-corrected chi connectivity index (χ4v) is 8.88. The number of halogens is 6. The Hall–Kier alpha value is -4.92. The predicted molar refractivity (Wildman–Crippen MR) is 245 cm³/mol. The number of carbonyl (C=O) groups excluding carboxylic acids is 2. The van der Waals surface area contributed by atoms with Crippen molar-refractivity contribution >= 4 is 71.1 Å². The topological polar surface area (TPSA) is 184 Å². The highest BCUT2D eigenvalue weighted by atomic mass is 35.5. The second kappa shape index (κ2) is 19.7. The average Bonchev–Trinajstić information content (AvgIpc) is 4.05. The van der Waals surface area contributed by atoms with Gasteiger partial charge in [0, 0.05) is 36.3 Å². The van der Waals surface area contributed by atoms with Crippen molar-refractivity contribution in [1.82, 2.24) is 49.6 Å². The fraction of sp³-hybridized carbons (Fsp3) is 0.409. The van der Waals surface area contributed by atoms with Gasteiger partial charge < -0.3 is 40.1 Å². The van der Waals surface area contributed by atoms with Crippen LogP contribution in [0.4, 0.5) is 8.78 Å². The minimum absolute atomic E-state index is 0. The Morgan fingerprint density at radius 3 is 1.44 bits per heavy atom. The number of nitrogens with zero attached hydrogens (tertiary/aromatic N) is 8. The molecule has 4 atom stereocenters. The Morgan fingerprint density at radius 1 is 0.667 bits per heavy atom. The Morgan fingerprint density at radius 2 is 1.06 bits per heavy atom. The van der Waals surface area contributed by atoms with E-state index in [-0.39, 0.29) is 59.3 Å². The molecule has 16 nitrogen and oxygen atoms in total. The van der Waals surface area contributed by atoms with Gasteiger partial charge in [-0.3, -0.25) is 9.59 Å². The minimum Gasteiger partial charge on any atom is -0.487 e. The molecule has 4 N–H and O–H groups in total. The number of hydrogen-bond acceptors (Lipinski definition) is 12. The Labute approximate surface area is 400 Å². The highest BCUT2D eigenvalue weighted by molar-refractivity contribution is 6.32. The molecule has 2 saturated heterocycles. The Kier molecular flexibility index (Phi) is 14.7. The molecule has 22 heteroatoms. The van der Waals surface area contributed by atoms with Crippen LogP contribution in [0.5, 0.6) is 11.5 Å². The van der Waals surface area contributed by atoms with E-state index < -0.39 is 36.1 Å². The maximum Gasteiger partial charge on any atom is 0.258 e. The van der Waals surface area contributed by atoms with Crippen LogP contribution in [0.3, 0.4) is 0 Å². The first-order valence-electron chi connectivity index (χ1n) is 21.0. The van der Waals surface area contributed by atoms with Gasteiger partial charge in [0.05, 0.1) is 81.5 Å². The number of piperidine rings is 2. The van der Waals surface area contributed by atoms with Crippen molar-refractivity contribution < 1.29 is 38.1 Å². The molecule has 2 aromatic carbocycles. The molecule has 4 aliphatic rings. The number of aliphatic hydroxyl groups is 2. The zero-order chi connectivity index (χ0) is 45.1. The normalized spacial score (nSPS) is 20.0. The number of β-amino-alcohol motifs (C(OH)–C–C–N with tert-alkyl or cyclic N) is 2. The maximum atomic E-state index is 14.0. The lowest BCUT2D eigenvalue weighted by molar-refractivity contribution is 0.0153. The van der Waals surface area contributed by atoms with Gasteiger partial charge in [-0.2, -0.15) is 10.2 Å². The first-order valence-corrected chi connectivity index (χ1v) is 21.8. The smallest absolute Gasteiger partial charge is 0.258 e. The first-order chi connectivity index (χ1) is 30.7. The highest BCUT2D eigenvalue weighted by Gasteiger charge is 2.35. The molecule has 2 amide bonds. The van der Waals surface area contributed by atoms with Crippen molar-refractivity contribution in [3.63, 3.8) is 0 Å². The number of benzene rings is 2. The zero-order valence-corrected chi connectivity index (χ0v) is 39.4. The predicted octanol–water partition coefficient (Wildman–Crippen LogP) is 5.64. The van der Waals surface area contributed by atoms with Crippen molar-refractivity contribution in [3.05, 3.63) is 114 Å². The molecule has 0 bridgehead atoms. The van der Waals surface area contributed by atoms with Gasteiger partial charge in [-0.1, -0.05) is 23.2 Å². The molecular weight excluding hydrogens is 944 g/mol. The van der Waals surface area contributed by atoms with Gasteiger partial charge in [0.15, 0.2) is 11.3 Å². The quantitative estimate of drug-likeness (QED) is 0.162. The van der Waals surface area contributed by atoms with Crippen LogP contribution in [0.25, 0.3) is 11.3 Å². The largest absolute Gasteiger partial charge is 0.487 e. The van der Waals surface area contributed by atoms with Crippen molar-refractivity contribution in [2.75, 3.05) is 26.2 Å². The summed E-state index contributed by atoms with van der Waals surface area (Å²) >= 11 is 12.6. The number of fused-ring (bicyclic) bond motifs is 6. The van der Waals surface area contributed by atoms with E-state index in [0.29, 0.717) is 97.9 Å². The minimum atomic E-state index is -0.732. The van der Waals surface area contributed by atoms with Gasteiger partial charge in [0.2, 0.25) is 0 Å². The third kappa shape index (κ3) is 9.21. The van der Waals surface area contributed by atoms with E-state index in [2.05, 4.69) is 30.8 Å². The molecule has 6 aromatic rings. The third-order valence-electron chi connectivity index (χ3n) is 12.2. The van der Waals surface area contributed by atoms with E-state index in [1.54, 1.807) is 18.8 Å². The number of aryl methyl sites for hydroxylation is 4. The van der Waals surface area contributed by atoms with E-state index in [4.69, 9.17) is 32.7 Å². The molecule has 2 fully saturated rings. The summed E-state index contributed by atoms with van der Waals surface area (Å²) in [5.74, 6) is -1.32. The number of nitrogens with one attached hydrogen (secondary N) is 2. The summed E-state index contributed by atoms with van der Waals surface area (Å²) in [4.78, 5) is 39.1. The van der Waals surface area contributed by atoms with Crippen LogP contribution in [0, 0.1) is 39.3 Å². The number of ether oxygens (including phenoxy) is 2. The average molecular weight is 993 g/mol. The van der Waals surface area contributed by atoms with Crippen molar-refractivity contribution in [2.45, 2.75) is 91.1 Å². The summed E-state index contributed by atoms with van der Waals surface area (Å²) < 4.78 is 43.2. The number of aliphatic hydroxyl groups excluding tert-OH is 2. The summed E-state index contributed by atoms with van der Waals surface area (Å²) in [5, 5.41) is 36.9. The van der Waals surface area contributed by atoms with Gasteiger partial charge >= 0.3 is 0 Å². The Balaban J connectivity index is 0.000000191. The van der Waals surface area contributed by atoms with E-state index in [0.717, 1.165) is 33.9 Å². The number of amides is 2. The Bertz CT molecular complexity index is 2660.